The van der Waals surface area contributed by atoms with Gasteiger partial charge < -0.3 is 10.1 Å². The van der Waals surface area contributed by atoms with Crippen molar-refractivity contribution in [3.05, 3.63) is 52.2 Å². The van der Waals surface area contributed by atoms with Crippen LogP contribution in [0, 0.1) is 0 Å². The summed E-state index contributed by atoms with van der Waals surface area (Å²) in [7, 11) is 0. The van der Waals surface area contributed by atoms with E-state index in [0.29, 0.717) is 5.56 Å². The van der Waals surface area contributed by atoms with Crippen LogP contribution in [0.2, 0.25) is 0 Å². The molecule has 1 aromatic heterocycles. The Balaban J connectivity index is 1.94. The largest absolute Gasteiger partial charge is 0.456 e. The maximum atomic E-state index is 11.9. The third kappa shape index (κ3) is 4.38. The van der Waals surface area contributed by atoms with Gasteiger partial charge in [0.15, 0.2) is 0 Å². The lowest BCUT2D eigenvalue weighted by Gasteiger charge is -2.19. The fraction of sp³-hybridized carbons (Fsp3) is 0.312. The minimum absolute atomic E-state index is 0.290. The number of rotatable bonds is 4. The molecule has 0 atom stereocenters. The molecule has 0 aliphatic heterocycles. The summed E-state index contributed by atoms with van der Waals surface area (Å²) in [5.41, 5.74) is 2.35. The van der Waals surface area contributed by atoms with Gasteiger partial charge in [-0.15, -0.1) is 0 Å². The molecule has 3 nitrogen and oxygen atoms in total. The second kappa shape index (κ2) is 6.09. The number of carbonyl (C=O) groups is 1. The molecule has 0 aliphatic rings. The molecule has 0 saturated heterocycles. The Labute approximate surface area is 123 Å². The van der Waals surface area contributed by atoms with Crippen molar-refractivity contribution in [1.82, 2.24) is 0 Å². The predicted molar refractivity (Wildman–Crippen MR) is 83.3 cm³/mol. The van der Waals surface area contributed by atoms with Gasteiger partial charge in [-0.05, 0) is 67.4 Å². The molecule has 0 unspecified atom stereocenters. The molecular weight excluding hydrogens is 270 g/mol. The number of hydrogen-bond donors (Lipinski definition) is 1. The van der Waals surface area contributed by atoms with Crippen molar-refractivity contribution >= 4 is 23.0 Å². The lowest BCUT2D eigenvalue weighted by Crippen LogP contribution is -2.23. The third-order valence-corrected chi connectivity index (χ3v) is 3.33. The number of esters is 1. The standard InChI is InChI=1S/C16H19NO2S/c1-16(2,3)19-15(18)13-4-6-14(7-5-13)17-10-12-8-9-20-11-12/h4-9,11,17H,10H2,1-3H3. The lowest BCUT2D eigenvalue weighted by atomic mass is 10.1. The Bertz CT molecular complexity index is 553. The lowest BCUT2D eigenvalue weighted by molar-refractivity contribution is 0.00696. The highest BCUT2D eigenvalue weighted by molar-refractivity contribution is 7.07. The van der Waals surface area contributed by atoms with Crippen molar-refractivity contribution in [3.63, 3.8) is 0 Å². The number of ether oxygens (including phenoxy) is 1. The van der Waals surface area contributed by atoms with Gasteiger partial charge in [0.1, 0.15) is 5.60 Å². The molecule has 2 aromatic rings. The Morgan fingerprint density at radius 1 is 1.20 bits per heavy atom. The Morgan fingerprint density at radius 3 is 2.45 bits per heavy atom. The Morgan fingerprint density at radius 2 is 1.90 bits per heavy atom. The van der Waals surface area contributed by atoms with Crippen LogP contribution in [-0.2, 0) is 11.3 Å². The molecule has 0 spiro atoms. The van der Waals surface area contributed by atoms with Crippen molar-refractivity contribution in [2.45, 2.75) is 32.9 Å². The van der Waals surface area contributed by atoms with E-state index in [9.17, 15) is 4.79 Å². The summed E-state index contributed by atoms with van der Waals surface area (Å²) < 4.78 is 5.32. The van der Waals surface area contributed by atoms with Gasteiger partial charge in [-0.25, -0.2) is 4.79 Å². The van der Waals surface area contributed by atoms with E-state index in [1.165, 1.54) is 5.56 Å². The number of nitrogens with one attached hydrogen (secondary N) is 1. The summed E-state index contributed by atoms with van der Waals surface area (Å²) in [6.07, 6.45) is 0. The molecule has 0 radical (unpaired) electrons. The minimum atomic E-state index is -0.465. The fourth-order valence-corrected chi connectivity index (χ4v) is 2.33. The normalized spacial score (nSPS) is 11.2. The molecule has 0 amide bonds. The van der Waals surface area contributed by atoms with Crippen LogP contribution >= 0.6 is 11.3 Å². The molecule has 0 aliphatic carbocycles. The van der Waals surface area contributed by atoms with Crippen LogP contribution in [0.15, 0.2) is 41.1 Å². The van der Waals surface area contributed by atoms with Crippen LogP contribution < -0.4 is 5.32 Å². The van der Waals surface area contributed by atoms with Gasteiger partial charge in [-0.3, -0.25) is 0 Å². The topological polar surface area (TPSA) is 38.3 Å². The SMILES string of the molecule is CC(C)(C)OC(=O)c1ccc(NCc2ccsc2)cc1. The zero-order valence-corrected chi connectivity index (χ0v) is 12.8. The van der Waals surface area contributed by atoms with Crippen molar-refractivity contribution in [2.24, 2.45) is 0 Å². The fourth-order valence-electron chi connectivity index (χ4n) is 1.66. The Hall–Kier alpha value is -1.81. The monoisotopic (exact) mass is 289 g/mol. The third-order valence-electron chi connectivity index (χ3n) is 2.60. The predicted octanol–water partition coefficient (Wildman–Crippen LogP) is 4.32. The first-order valence-corrected chi connectivity index (χ1v) is 7.47. The van der Waals surface area contributed by atoms with Crippen LogP contribution in [0.4, 0.5) is 5.69 Å². The van der Waals surface area contributed by atoms with Crippen molar-refractivity contribution in [2.75, 3.05) is 5.32 Å². The van der Waals surface area contributed by atoms with E-state index >= 15 is 0 Å². The molecule has 20 heavy (non-hydrogen) atoms. The number of carbonyl (C=O) groups excluding carboxylic acids is 1. The molecule has 0 saturated carbocycles. The molecule has 0 fully saturated rings. The van der Waals surface area contributed by atoms with Crippen LogP contribution in [0.25, 0.3) is 0 Å². The summed E-state index contributed by atoms with van der Waals surface area (Å²) in [6, 6.07) is 9.44. The first-order chi connectivity index (χ1) is 9.44. The summed E-state index contributed by atoms with van der Waals surface area (Å²) in [5, 5.41) is 7.49. The van der Waals surface area contributed by atoms with Crippen LogP contribution in [-0.4, -0.2) is 11.6 Å². The molecule has 0 bridgehead atoms. The van der Waals surface area contributed by atoms with Crippen LogP contribution in [0.3, 0.4) is 0 Å². The van der Waals surface area contributed by atoms with E-state index in [1.807, 2.05) is 32.9 Å². The highest BCUT2D eigenvalue weighted by atomic mass is 32.1. The van der Waals surface area contributed by atoms with Gasteiger partial charge in [-0.2, -0.15) is 11.3 Å². The maximum Gasteiger partial charge on any atom is 0.338 e. The molecule has 4 heteroatoms. The molecule has 1 aromatic carbocycles. The number of hydrogen-bond acceptors (Lipinski definition) is 4. The number of anilines is 1. The Kier molecular flexibility index (Phi) is 4.45. The maximum absolute atomic E-state index is 11.9. The zero-order chi connectivity index (χ0) is 14.6. The number of thiophene rings is 1. The molecule has 1 N–H and O–H groups in total. The number of benzene rings is 1. The van der Waals surface area contributed by atoms with E-state index in [2.05, 4.69) is 22.1 Å². The first kappa shape index (κ1) is 14.6. The van der Waals surface area contributed by atoms with E-state index in [1.54, 1.807) is 23.5 Å². The zero-order valence-electron chi connectivity index (χ0n) is 12.0. The molecular formula is C16H19NO2S. The smallest absolute Gasteiger partial charge is 0.338 e. The molecule has 1 heterocycles. The van der Waals surface area contributed by atoms with Gasteiger partial charge in [0.05, 0.1) is 5.56 Å². The minimum Gasteiger partial charge on any atom is -0.456 e. The quantitative estimate of drug-likeness (QED) is 0.852. The highest BCUT2D eigenvalue weighted by Crippen LogP contribution is 2.16. The van der Waals surface area contributed by atoms with E-state index in [-0.39, 0.29) is 5.97 Å². The van der Waals surface area contributed by atoms with Crippen molar-refractivity contribution in [3.8, 4) is 0 Å². The van der Waals surface area contributed by atoms with Crippen molar-refractivity contribution in [1.29, 1.82) is 0 Å². The second-order valence-electron chi connectivity index (χ2n) is 5.56. The van der Waals surface area contributed by atoms with Gasteiger partial charge in [0.2, 0.25) is 0 Å². The average Bonchev–Trinajstić information content (AvgIpc) is 2.88. The molecule has 2 rings (SSSR count). The van der Waals surface area contributed by atoms with Crippen LogP contribution in [0.5, 0.6) is 0 Å². The van der Waals surface area contributed by atoms with E-state index < -0.39 is 5.60 Å². The van der Waals surface area contributed by atoms with Gasteiger partial charge in [0, 0.05) is 12.2 Å². The van der Waals surface area contributed by atoms with Gasteiger partial charge >= 0.3 is 5.97 Å². The highest BCUT2D eigenvalue weighted by Gasteiger charge is 2.17. The van der Waals surface area contributed by atoms with E-state index in [4.69, 9.17) is 4.74 Å². The summed E-state index contributed by atoms with van der Waals surface area (Å²) in [4.78, 5) is 11.9. The van der Waals surface area contributed by atoms with Gasteiger partial charge in [0.25, 0.3) is 0 Å². The van der Waals surface area contributed by atoms with Gasteiger partial charge in [-0.1, -0.05) is 0 Å². The second-order valence-corrected chi connectivity index (χ2v) is 6.34. The summed E-state index contributed by atoms with van der Waals surface area (Å²) >= 11 is 1.69. The summed E-state index contributed by atoms with van der Waals surface area (Å²) in [5.74, 6) is -0.290. The summed E-state index contributed by atoms with van der Waals surface area (Å²) in [6.45, 7) is 6.38. The van der Waals surface area contributed by atoms with Crippen molar-refractivity contribution < 1.29 is 9.53 Å². The first-order valence-electron chi connectivity index (χ1n) is 6.52. The average molecular weight is 289 g/mol. The van der Waals surface area contributed by atoms with E-state index in [0.717, 1.165) is 12.2 Å². The molecule has 106 valence electrons. The van der Waals surface area contributed by atoms with Crippen LogP contribution in [0.1, 0.15) is 36.7 Å².